The van der Waals surface area contributed by atoms with Crippen LogP contribution in [0.1, 0.15) is 67.1 Å². The summed E-state index contributed by atoms with van der Waals surface area (Å²) in [7, 11) is 0. The number of carbonyl (C=O) groups excluding carboxylic acids is 2. The van der Waals surface area contributed by atoms with Crippen LogP contribution in [0.3, 0.4) is 0 Å². The Morgan fingerprint density at radius 3 is 1.31 bits per heavy atom. The van der Waals surface area contributed by atoms with Crippen LogP contribution in [0.15, 0.2) is 67.5 Å². The van der Waals surface area contributed by atoms with Gasteiger partial charge in [-0.3, -0.25) is 0 Å². The molecule has 4 rings (SSSR count). The molecule has 266 valence electrons. The van der Waals surface area contributed by atoms with E-state index in [2.05, 4.69) is 76.9 Å². The average Bonchev–Trinajstić information content (AvgIpc) is 3.09. The molecule has 2 aromatic carbocycles. The lowest BCUT2D eigenvalue weighted by molar-refractivity contribution is -0.144. The van der Waals surface area contributed by atoms with Crippen LogP contribution in [0.4, 0.5) is 0 Å². The Morgan fingerprint density at radius 2 is 1.00 bits per heavy atom. The van der Waals surface area contributed by atoms with Crippen LogP contribution in [0, 0.1) is 0 Å². The first-order chi connectivity index (χ1) is 23.2. The zero-order valence-corrected chi connectivity index (χ0v) is 34.8. The highest BCUT2D eigenvalue weighted by Gasteiger charge is 2.23. The Labute approximate surface area is 329 Å². The summed E-state index contributed by atoms with van der Waals surface area (Å²) >= 11 is 18.5. The molecule has 2 aromatic rings. The van der Waals surface area contributed by atoms with Crippen molar-refractivity contribution in [1.82, 2.24) is 0 Å². The first kappa shape index (κ1) is 39.9. The number of thioether (sulfide) groups is 2. The zero-order chi connectivity index (χ0) is 34.5. The highest BCUT2D eigenvalue weighted by molar-refractivity contribution is 9.11. The average molecular weight is 959 g/mol. The smallest absolute Gasteiger partial charge is 0.330 e. The van der Waals surface area contributed by atoms with Crippen molar-refractivity contribution in [3.8, 4) is 22.6 Å². The van der Waals surface area contributed by atoms with E-state index in [1.165, 1.54) is 76.4 Å². The third-order valence-electron chi connectivity index (χ3n) is 8.20. The molecule has 2 aliphatic rings. The lowest BCUT2D eigenvalue weighted by Gasteiger charge is -2.24. The molecule has 0 radical (unpaired) electrons. The Balaban J connectivity index is 0.00000433. The molecule has 0 saturated heterocycles. The number of ether oxygens (including phenoxy) is 4. The summed E-state index contributed by atoms with van der Waals surface area (Å²) in [5, 5.41) is 1.19. The van der Waals surface area contributed by atoms with Gasteiger partial charge in [-0.15, -0.1) is 0 Å². The fourth-order valence-corrected chi connectivity index (χ4v) is 11.2. The number of hydrogen-bond donors (Lipinski definition) is 0. The van der Waals surface area contributed by atoms with E-state index in [0.29, 0.717) is 33.5 Å². The van der Waals surface area contributed by atoms with E-state index in [9.17, 15) is 9.59 Å². The normalized spacial score (nSPS) is 16.8. The molecule has 6 nitrogen and oxygen atoms in total. The first-order valence-electron chi connectivity index (χ1n) is 16.3. The van der Waals surface area contributed by atoms with Crippen LogP contribution in [0.25, 0.3) is 11.1 Å². The lowest BCUT2D eigenvalue weighted by Crippen LogP contribution is -2.28. The highest BCUT2D eigenvalue weighted by atomic mass is 79.9. The van der Waals surface area contributed by atoms with Crippen molar-refractivity contribution in [2.45, 2.75) is 86.9 Å². The van der Waals surface area contributed by atoms with Crippen LogP contribution < -0.4 is 9.47 Å². The third kappa shape index (κ3) is 12.7. The van der Waals surface area contributed by atoms with Crippen LogP contribution in [0.2, 0.25) is 0 Å². The molecular formula is C36H46Br4O6S2. The minimum Gasteiger partial charge on any atom is -0.487 e. The lowest BCUT2D eigenvalue weighted by atomic mass is 10.0. The van der Waals surface area contributed by atoms with Gasteiger partial charge in [0.05, 0.1) is 17.9 Å². The minimum absolute atomic E-state index is 0. The molecule has 2 unspecified atom stereocenters. The second kappa shape index (κ2) is 20.8. The summed E-state index contributed by atoms with van der Waals surface area (Å²) in [6, 6.07) is 7.96. The van der Waals surface area contributed by atoms with Gasteiger partial charge in [-0.05, 0) is 125 Å². The van der Waals surface area contributed by atoms with Gasteiger partial charge in [0, 0.05) is 37.0 Å². The second-order valence-corrected chi connectivity index (χ2v) is 18.0. The first-order valence-corrected chi connectivity index (χ1v) is 21.6. The fraction of sp³-hybridized carbons (Fsp3) is 0.500. The Bertz CT molecular complexity index is 1270. The molecule has 0 aromatic heterocycles. The molecule has 2 fully saturated rings. The third-order valence-corrected chi connectivity index (χ3v) is 13.6. The van der Waals surface area contributed by atoms with Crippen molar-refractivity contribution in [3.63, 3.8) is 0 Å². The maximum absolute atomic E-state index is 12.1. The molecule has 0 N–H and O–H groups in total. The predicted molar refractivity (Wildman–Crippen MR) is 217 cm³/mol. The molecule has 2 saturated carbocycles. The number of esters is 2. The summed E-state index contributed by atoms with van der Waals surface area (Å²) < 4.78 is 26.8. The molecule has 0 spiro atoms. The molecule has 0 amide bonds. The Hall–Kier alpha value is -0.920. The summed E-state index contributed by atoms with van der Waals surface area (Å²) in [6.07, 6.45) is 14.0. The van der Waals surface area contributed by atoms with E-state index in [1.807, 2.05) is 47.8 Å². The molecule has 0 heterocycles. The van der Waals surface area contributed by atoms with Gasteiger partial charge in [0.2, 0.25) is 0 Å². The Kier molecular flexibility index (Phi) is 17.3. The van der Waals surface area contributed by atoms with E-state index >= 15 is 0 Å². The van der Waals surface area contributed by atoms with Crippen LogP contribution in [-0.4, -0.2) is 59.4 Å². The van der Waals surface area contributed by atoms with E-state index in [1.54, 1.807) is 0 Å². The van der Waals surface area contributed by atoms with Crippen molar-refractivity contribution in [3.05, 3.63) is 67.5 Å². The van der Waals surface area contributed by atoms with Gasteiger partial charge in [0.15, 0.2) is 0 Å². The molecule has 48 heavy (non-hydrogen) atoms. The van der Waals surface area contributed by atoms with E-state index in [-0.39, 0.29) is 16.1 Å². The van der Waals surface area contributed by atoms with Crippen molar-refractivity contribution in [2.24, 2.45) is 0 Å². The summed E-state index contributed by atoms with van der Waals surface area (Å²) in [4.78, 5) is 24.1. The summed E-state index contributed by atoms with van der Waals surface area (Å²) in [5.41, 5.74) is 1.89. The SMILES string of the molecule is C=CC(=O)OC(COc1c(Br)cc(-c2cc(Br)c(OCC(CSC3CCCCC3)OC(=O)C=C)c(Br)c2)cc1Br)CSC1CCCCC1.[HH].[HH]. The quantitative estimate of drug-likeness (QED) is 0.115. The van der Waals surface area contributed by atoms with Crippen molar-refractivity contribution in [2.75, 3.05) is 24.7 Å². The molecule has 2 atom stereocenters. The Morgan fingerprint density at radius 1 is 0.667 bits per heavy atom. The zero-order valence-electron chi connectivity index (χ0n) is 26.9. The summed E-state index contributed by atoms with van der Waals surface area (Å²) in [5.74, 6) is 1.71. The number of carbonyl (C=O) groups is 2. The minimum atomic E-state index is -0.448. The summed E-state index contributed by atoms with van der Waals surface area (Å²) in [6.45, 7) is 7.54. The van der Waals surface area contributed by atoms with Crippen LogP contribution >= 0.6 is 87.2 Å². The van der Waals surface area contributed by atoms with Gasteiger partial charge in [0.1, 0.15) is 36.9 Å². The molecular weight excluding hydrogens is 912 g/mol. The van der Waals surface area contributed by atoms with Gasteiger partial charge in [-0.1, -0.05) is 51.7 Å². The van der Waals surface area contributed by atoms with Gasteiger partial charge >= 0.3 is 11.9 Å². The standard InChI is InChI=1S/C36H42Br4O6S2.2H2/c1-3-33(41)45-25(21-47-27-11-7-5-8-12-27)19-43-35-29(37)15-23(16-30(35)38)24-17-31(39)36(32(40)18-24)44-20-26(46-34(42)4-2)22-48-28-13-9-6-10-14-28;;/h3-4,15-18,25-28H,1-2,5-14,19-22H2;2*1H. The van der Waals surface area contributed by atoms with Crippen molar-refractivity contribution >= 4 is 99.2 Å². The largest absolute Gasteiger partial charge is 0.487 e. The molecule has 2 aliphatic carbocycles. The second-order valence-electron chi connectivity index (χ2n) is 11.9. The van der Waals surface area contributed by atoms with E-state index in [4.69, 9.17) is 18.9 Å². The van der Waals surface area contributed by atoms with Crippen molar-refractivity contribution < 1.29 is 31.4 Å². The molecule has 12 heteroatoms. The van der Waals surface area contributed by atoms with Gasteiger partial charge < -0.3 is 18.9 Å². The number of halogens is 4. The van der Waals surface area contributed by atoms with Crippen molar-refractivity contribution in [1.29, 1.82) is 0 Å². The number of hydrogen-bond acceptors (Lipinski definition) is 8. The van der Waals surface area contributed by atoms with Crippen LogP contribution in [-0.2, 0) is 19.1 Å². The molecule has 0 bridgehead atoms. The van der Waals surface area contributed by atoms with Crippen LogP contribution in [0.5, 0.6) is 11.5 Å². The monoisotopic (exact) mass is 954 g/mol. The highest BCUT2D eigenvalue weighted by Crippen LogP contribution is 2.42. The van der Waals surface area contributed by atoms with Gasteiger partial charge in [0.25, 0.3) is 0 Å². The van der Waals surface area contributed by atoms with Gasteiger partial charge in [-0.2, -0.15) is 23.5 Å². The fourth-order valence-electron chi connectivity index (χ4n) is 5.69. The molecule has 0 aliphatic heterocycles. The van der Waals surface area contributed by atoms with Gasteiger partial charge in [-0.25, -0.2) is 9.59 Å². The van der Waals surface area contributed by atoms with E-state index in [0.717, 1.165) is 29.0 Å². The number of benzene rings is 2. The topological polar surface area (TPSA) is 71.1 Å². The van der Waals surface area contributed by atoms with E-state index < -0.39 is 24.1 Å². The maximum Gasteiger partial charge on any atom is 0.330 e. The number of rotatable bonds is 17. The maximum atomic E-state index is 12.1. The predicted octanol–water partition coefficient (Wildman–Crippen LogP) is 12.0.